The molecule has 1 atom stereocenters. The minimum absolute atomic E-state index is 0.0373. The van der Waals surface area contributed by atoms with Gasteiger partial charge in [0.1, 0.15) is 12.4 Å². The van der Waals surface area contributed by atoms with Gasteiger partial charge in [-0.2, -0.15) is 0 Å². The monoisotopic (exact) mass is 303 g/mol. The number of hydrogen-bond donors (Lipinski definition) is 1. The molecule has 1 aromatic rings. The molecule has 0 bridgehead atoms. The molecule has 0 radical (unpaired) electrons. The number of fused-ring (bicyclic) bond motifs is 1. The van der Waals surface area contributed by atoms with Gasteiger partial charge >= 0.3 is 5.97 Å². The van der Waals surface area contributed by atoms with Crippen LogP contribution in [0.2, 0.25) is 0 Å². The molecule has 0 saturated heterocycles. The Kier molecular flexibility index (Phi) is 5.20. The molecule has 1 aromatic carbocycles. The molecule has 0 fully saturated rings. The molecule has 1 aliphatic heterocycles. The first-order chi connectivity index (χ1) is 10.5. The maximum absolute atomic E-state index is 12.0. The fourth-order valence-corrected chi connectivity index (χ4v) is 1.92. The molecule has 5 nitrogen and oxygen atoms in total. The zero-order valence-corrected chi connectivity index (χ0v) is 13.1. The molecule has 118 valence electrons. The van der Waals surface area contributed by atoms with E-state index in [0.29, 0.717) is 11.5 Å². The predicted octanol–water partition coefficient (Wildman–Crippen LogP) is 2.17. The first kappa shape index (κ1) is 16.1. The van der Waals surface area contributed by atoms with E-state index < -0.39 is 5.97 Å². The molecule has 0 spiro atoms. The van der Waals surface area contributed by atoms with Crippen LogP contribution in [0.4, 0.5) is 0 Å². The van der Waals surface area contributed by atoms with Crippen molar-refractivity contribution in [2.45, 2.75) is 26.8 Å². The molecule has 1 aliphatic rings. The number of hydrogen-bond acceptors (Lipinski definition) is 4. The quantitative estimate of drug-likeness (QED) is 0.847. The Hall–Kier alpha value is -2.30. The molecule has 0 aromatic heterocycles. The van der Waals surface area contributed by atoms with E-state index in [-0.39, 0.29) is 25.2 Å². The summed E-state index contributed by atoms with van der Waals surface area (Å²) in [5.74, 6) is 0.238. The lowest BCUT2D eigenvalue weighted by Crippen LogP contribution is -2.38. The average molecular weight is 303 g/mol. The van der Waals surface area contributed by atoms with Gasteiger partial charge in [-0.3, -0.25) is 4.79 Å². The van der Waals surface area contributed by atoms with Gasteiger partial charge in [-0.15, -0.1) is 0 Å². The Balaban J connectivity index is 1.88. The number of nitrogens with one attached hydrogen (secondary N) is 1. The molecule has 1 amide bonds. The molecule has 5 heteroatoms. The summed E-state index contributed by atoms with van der Waals surface area (Å²) in [7, 11) is 0. The van der Waals surface area contributed by atoms with Crippen LogP contribution in [-0.4, -0.2) is 31.1 Å². The van der Waals surface area contributed by atoms with Gasteiger partial charge in [-0.25, -0.2) is 4.79 Å². The molecule has 0 unspecified atom stereocenters. The van der Waals surface area contributed by atoms with Crippen molar-refractivity contribution in [3.8, 4) is 5.75 Å². The number of carbonyl (C=O) groups excluding carboxylic acids is 2. The lowest BCUT2D eigenvalue weighted by molar-refractivity contribution is -0.145. The summed E-state index contributed by atoms with van der Waals surface area (Å²) in [6.45, 7) is 5.81. The topological polar surface area (TPSA) is 64.6 Å². The first-order valence-electron chi connectivity index (χ1n) is 7.36. The Morgan fingerprint density at radius 1 is 1.27 bits per heavy atom. The fourth-order valence-electron chi connectivity index (χ4n) is 1.92. The van der Waals surface area contributed by atoms with E-state index in [9.17, 15) is 9.59 Å². The molecule has 2 rings (SSSR count). The summed E-state index contributed by atoms with van der Waals surface area (Å²) in [5, 5.41) is 2.79. The lowest BCUT2D eigenvalue weighted by Gasteiger charge is -2.18. The van der Waals surface area contributed by atoms with E-state index in [2.05, 4.69) is 5.32 Å². The second-order valence-electron chi connectivity index (χ2n) is 5.67. The van der Waals surface area contributed by atoms with E-state index in [4.69, 9.17) is 9.47 Å². The minimum atomic E-state index is -0.526. The van der Waals surface area contributed by atoms with Crippen LogP contribution in [0.5, 0.6) is 5.75 Å². The normalized spacial score (nSPS) is 14.5. The number of esters is 1. The van der Waals surface area contributed by atoms with Crippen molar-refractivity contribution < 1.29 is 19.1 Å². The van der Waals surface area contributed by atoms with Crippen LogP contribution in [-0.2, 0) is 14.3 Å². The van der Waals surface area contributed by atoms with Crippen molar-refractivity contribution >= 4 is 18.0 Å². The van der Waals surface area contributed by atoms with Crippen molar-refractivity contribution in [2.75, 3.05) is 13.2 Å². The molecule has 22 heavy (non-hydrogen) atoms. The Morgan fingerprint density at radius 2 is 2.00 bits per heavy atom. The van der Waals surface area contributed by atoms with E-state index in [1.807, 2.05) is 45.0 Å². The highest BCUT2D eigenvalue weighted by atomic mass is 16.5. The van der Waals surface area contributed by atoms with Crippen LogP contribution < -0.4 is 10.1 Å². The zero-order valence-electron chi connectivity index (χ0n) is 13.1. The Morgan fingerprint density at radius 3 is 2.73 bits per heavy atom. The van der Waals surface area contributed by atoms with Gasteiger partial charge < -0.3 is 14.8 Å². The Bertz CT molecular complexity index is 592. The first-order valence-corrected chi connectivity index (χ1v) is 7.36. The third-order valence-electron chi connectivity index (χ3n) is 3.62. The third-order valence-corrected chi connectivity index (χ3v) is 3.62. The van der Waals surface area contributed by atoms with Gasteiger partial charge in [0.2, 0.25) is 0 Å². The van der Waals surface area contributed by atoms with Crippen LogP contribution in [0.1, 0.15) is 26.3 Å². The van der Waals surface area contributed by atoms with Crippen LogP contribution in [0, 0.1) is 5.92 Å². The number of benzene rings is 1. The Labute approximate surface area is 130 Å². The summed E-state index contributed by atoms with van der Waals surface area (Å²) in [5.41, 5.74) is 1.24. The standard InChI is InChI=1S/C17H21NO4/c1-11(2)12(3)18-16(19)10-22-17(20)14-8-13-6-4-5-7-15(13)21-9-14/h4-8,11-12H,9-10H2,1-3H3,(H,18,19)/t12-/m0/s1. The van der Waals surface area contributed by atoms with Crippen molar-refractivity contribution in [3.05, 3.63) is 35.4 Å². The van der Waals surface area contributed by atoms with Crippen molar-refractivity contribution in [3.63, 3.8) is 0 Å². The molecule has 0 saturated carbocycles. The van der Waals surface area contributed by atoms with E-state index in [1.54, 1.807) is 6.08 Å². The summed E-state index contributed by atoms with van der Waals surface area (Å²) >= 11 is 0. The van der Waals surface area contributed by atoms with Gasteiger partial charge in [-0.1, -0.05) is 32.0 Å². The van der Waals surface area contributed by atoms with Crippen molar-refractivity contribution in [1.82, 2.24) is 5.32 Å². The van der Waals surface area contributed by atoms with E-state index >= 15 is 0 Å². The van der Waals surface area contributed by atoms with E-state index in [1.165, 1.54) is 0 Å². The highest BCUT2D eigenvalue weighted by Crippen LogP contribution is 2.25. The summed E-state index contributed by atoms with van der Waals surface area (Å²) in [6, 6.07) is 7.48. The summed E-state index contributed by atoms with van der Waals surface area (Å²) in [6.07, 6.45) is 1.73. The number of para-hydroxylation sites is 1. The predicted molar refractivity (Wildman–Crippen MR) is 83.3 cm³/mol. The maximum atomic E-state index is 12.0. The molecular formula is C17H21NO4. The maximum Gasteiger partial charge on any atom is 0.338 e. The highest BCUT2D eigenvalue weighted by molar-refractivity contribution is 5.96. The zero-order chi connectivity index (χ0) is 16.1. The summed E-state index contributed by atoms with van der Waals surface area (Å²) in [4.78, 5) is 23.7. The van der Waals surface area contributed by atoms with Crippen molar-refractivity contribution in [1.29, 1.82) is 0 Å². The lowest BCUT2D eigenvalue weighted by atomic mass is 10.1. The van der Waals surface area contributed by atoms with Crippen LogP contribution in [0.3, 0.4) is 0 Å². The SMILES string of the molecule is CC(C)[C@H](C)NC(=O)COC(=O)C1=Cc2ccccc2OC1. The third kappa shape index (κ3) is 4.10. The van der Waals surface area contributed by atoms with Gasteiger partial charge in [0.15, 0.2) is 6.61 Å². The van der Waals surface area contributed by atoms with Crippen LogP contribution >= 0.6 is 0 Å². The fraction of sp³-hybridized carbons (Fsp3) is 0.412. The van der Waals surface area contributed by atoms with Gasteiger partial charge in [-0.05, 0) is 25.0 Å². The van der Waals surface area contributed by atoms with Crippen molar-refractivity contribution in [2.24, 2.45) is 5.92 Å². The van der Waals surface area contributed by atoms with Gasteiger partial charge in [0.05, 0.1) is 5.57 Å². The second kappa shape index (κ2) is 7.11. The van der Waals surface area contributed by atoms with E-state index in [0.717, 1.165) is 11.3 Å². The average Bonchev–Trinajstić information content (AvgIpc) is 2.52. The number of amides is 1. The molecule has 1 heterocycles. The largest absolute Gasteiger partial charge is 0.488 e. The number of rotatable bonds is 5. The minimum Gasteiger partial charge on any atom is -0.488 e. The second-order valence-corrected chi connectivity index (χ2v) is 5.67. The molecular weight excluding hydrogens is 282 g/mol. The molecule has 0 aliphatic carbocycles. The smallest absolute Gasteiger partial charge is 0.338 e. The highest BCUT2D eigenvalue weighted by Gasteiger charge is 2.19. The van der Waals surface area contributed by atoms with Gasteiger partial charge in [0.25, 0.3) is 5.91 Å². The molecule has 1 N–H and O–H groups in total. The number of ether oxygens (including phenoxy) is 2. The summed E-state index contributed by atoms with van der Waals surface area (Å²) < 4.78 is 10.5. The van der Waals surface area contributed by atoms with Crippen LogP contribution in [0.25, 0.3) is 6.08 Å². The van der Waals surface area contributed by atoms with Gasteiger partial charge in [0, 0.05) is 11.6 Å². The number of carbonyl (C=O) groups is 2. The van der Waals surface area contributed by atoms with Crippen LogP contribution in [0.15, 0.2) is 29.8 Å².